The molecule has 0 rings (SSSR count). The monoisotopic (exact) mass is 305 g/mol. The molecule has 0 aliphatic carbocycles. The molecule has 0 spiro atoms. The third-order valence-electron chi connectivity index (χ3n) is 2.31. The van der Waals surface area contributed by atoms with Gasteiger partial charge in [0.05, 0.1) is 0 Å². The predicted molar refractivity (Wildman–Crippen MR) is 66.0 cm³/mol. The van der Waals surface area contributed by atoms with Gasteiger partial charge in [0.1, 0.15) is 0 Å². The van der Waals surface area contributed by atoms with Crippen molar-refractivity contribution in [3.8, 4) is 0 Å². The van der Waals surface area contributed by atoms with Crippen LogP contribution in [0.1, 0.15) is 46.5 Å². The molecule has 0 amide bonds. The molecule has 0 bridgehead atoms. The molecule has 0 fully saturated rings. The van der Waals surface area contributed by atoms with Crippen LogP contribution in [0.15, 0.2) is 10.2 Å². The second-order valence-electron chi connectivity index (χ2n) is 3.97. The fourth-order valence-corrected chi connectivity index (χ4v) is 9.22. The zero-order valence-corrected chi connectivity index (χ0v) is 12.8. The first-order valence-electron chi connectivity index (χ1n) is 5.91. The molecule has 0 aliphatic rings. The minimum atomic E-state index is -1.23. The molecule has 0 aromatic heterocycles. The van der Waals surface area contributed by atoms with Crippen molar-refractivity contribution in [3.05, 3.63) is 10.2 Å². The van der Waals surface area contributed by atoms with Crippen LogP contribution in [0.5, 0.6) is 0 Å². The SMILES string of the molecule is CCC[CH2][Sn](/[CH]=C\C(C)O)[CH2]CCC. The van der Waals surface area contributed by atoms with Crippen molar-refractivity contribution in [3.63, 3.8) is 0 Å². The quantitative estimate of drug-likeness (QED) is 0.680. The minimum absolute atomic E-state index is 0.242. The number of hydrogen-bond acceptors (Lipinski definition) is 1. The topological polar surface area (TPSA) is 20.2 Å². The van der Waals surface area contributed by atoms with Gasteiger partial charge in [-0.05, 0) is 0 Å². The van der Waals surface area contributed by atoms with Gasteiger partial charge in [0.2, 0.25) is 0 Å². The van der Waals surface area contributed by atoms with Crippen molar-refractivity contribution in [2.24, 2.45) is 0 Å². The van der Waals surface area contributed by atoms with E-state index in [4.69, 9.17) is 0 Å². The van der Waals surface area contributed by atoms with Crippen molar-refractivity contribution in [1.29, 1.82) is 0 Å². The van der Waals surface area contributed by atoms with Gasteiger partial charge in [-0.3, -0.25) is 0 Å². The molecule has 0 heterocycles. The third kappa shape index (κ3) is 9.07. The summed E-state index contributed by atoms with van der Waals surface area (Å²) in [5.74, 6) is 0. The van der Waals surface area contributed by atoms with E-state index in [1.165, 1.54) is 34.6 Å². The Hall–Kier alpha value is 0.499. The Morgan fingerprint density at radius 3 is 2.00 bits per heavy atom. The van der Waals surface area contributed by atoms with E-state index in [2.05, 4.69) is 17.9 Å². The van der Waals surface area contributed by atoms with Gasteiger partial charge >= 0.3 is 96.5 Å². The van der Waals surface area contributed by atoms with E-state index in [1.807, 2.05) is 13.0 Å². The summed E-state index contributed by atoms with van der Waals surface area (Å²) in [5.41, 5.74) is 0. The Bertz CT molecular complexity index is 135. The average Bonchev–Trinajstić information content (AvgIpc) is 2.16. The number of aliphatic hydroxyl groups excluding tert-OH is 1. The summed E-state index contributed by atoms with van der Waals surface area (Å²) >= 11 is -1.23. The Balaban J connectivity index is 3.83. The van der Waals surface area contributed by atoms with Gasteiger partial charge in [-0.2, -0.15) is 0 Å². The van der Waals surface area contributed by atoms with Crippen LogP contribution in [0, 0.1) is 0 Å². The third-order valence-corrected chi connectivity index (χ3v) is 9.89. The van der Waals surface area contributed by atoms with Gasteiger partial charge in [0.25, 0.3) is 0 Å². The Morgan fingerprint density at radius 1 is 1.14 bits per heavy atom. The van der Waals surface area contributed by atoms with Crippen LogP contribution in [0.25, 0.3) is 0 Å². The molecule has 0 aromatic carbocycles. The molecule has 1 unspecified atom stereocenters. The van der Waals surface area contributed by atoms with Gasteiger partial charge in [-0.15, -0.1) is 0 Å². The van der Waals surface area contributed by atoms with E-state index in [-0.39, 0.29) is 6.10 Å². The fraction of sp³-hybridized carbons (Fsp3) is 0.833. The van der Waals surface area contributed by atoms with Gasteiger partial charge in [0.15, 0.2) is 0 Å². The van der Waals surface area contributed by atoms with Gasteiger partial charge < -0.3 is 0 Å². The van der Waals surface area contributed by atoms with Crippen molar-refractivity contribution in [1.82, 2.24) is 0 Å². The molecule has 1 atom stereocenters. The van der Waals surface area contributed by atoms with Crippen LogP contribution in [-0.4, -0.2) is 31.0 Å². The van der Waals surface area contributed by atoms with Crippen LogP contribution in [-0.2, 0) is 0 Å². The molecule has 14 heavy (non-hydrogen) atoms. The molecule has 0 aromatic rings. The van der Waals surface area contributed by atoms with Crippen LogP contribution in [0.4, 0.5) is 0 Å². The Labute approximate surface area is 96.3 Å². The zero-order chi connectivity index (χ0) is 10.8. The van der Waals surface area contributed by atoms with Crippen molar-refractivity contribution < 1.29 is 5.11 Å². The number of unbranched alkanes of at least 4 members (excludes halogenated alkanes) is 2. The standard InChI is InChI=1S/C4H7O.2C4H9.Sn/c1-3-4(2)5;2*1-3-4-2;/h1,3-5H,2H3;2*1,3-4H2,2H3;. The molecule has 0 saturated carbocycles. The molecule has 83 valence electrons. The van der Waals surface area contributed by atoms with Crippen LogP contribution < -0.4 is 0 Å². The summed E-state index contributed by atoms with van der Waals surface area (Å²) in [7, 11) is 0. The van der Waals surface area contributed by atoms with Crippen LogP contribution >= 0.6 is 0 Å². The molecular formula is C12H25OSn. The summed E-state index contributed by atoms with van der Waals surface area (Å²) < 4.78 is 5.35. The Kier molecular flexibility index (Phi) is 10.4. The maximum absolute atomic E-state index is 9.20. The van der Waals surface area contributed by atoms with Gasteiger partial charge in [0, 0.05) is 0 Å². The number of hydrogen-bond donors (Lipinski definition) is 1. The molecule has 0 saturated heterocycles. The number of rotatable bonds is 8. The van der Waals surface area contributed by atoms with E-state index in [1.54, 1.807) is 0 Å². The second kappa shape index (κ2) is 10.0. The normalized spacial score (nSPS) is 14.1. The summed E-state index contributed by atoms with van der Waals surface area (Å²) in [6, 6.07) is 0. The predicted octanol–water partition coefficient (Wildman–Crippen LogP) is 3.56. The van der Waals surface area contributed by atoms with Crippen molar-refractivity contribution in [2.75, 3.05) is 0 Å². The molecular weight excluding hydrogens is 279 g/mol. The van der Waals surface area contributed by atoms with E-state index in [0.717, 1.165) is 0 Å². The summed E-state index contributed by atoms with van der Waals surface area (Å²) in [6.07, 6.45) is 7.19. The Morgan fingerprint density at radius 2 is 1.64 bits per heavy atom. The van der Waals surface area contributed by atoms with Crippen molar-refractivity contribution in [2.45, 2.75) is 61.4 Å². The molecule has 1 N–H and O–H groups in total. The van der Waals surface area contributed by atoms with E-state index < -0.39 is 19.8 Å². The zero-order valence-electron chi connectivity index (χ0n) is 9.92. The molecule has 1 nitrogen and oxygen atoms in total. The fourth-order valence-electron chi connectivity index (χ4n) is 1.37. The first-order valence-corrected chi connectivity index (χ1v) is 11.6. The second-order valence-corrected chi connectivity index (χ2v) is 11.5. The van der Waals surface area contributed by atoms with E-state index in [9.17, 15) is 5.11 Å². The average molecular weight is 304 g/mol. The summed E-state index contributed by atoms with van der Waals surface area (Å²) in [5, 5.41) is 9.20. The number of aliphatic hydroxyl groups is 1. The van der Waals surface area contributed by atoms with Crippen LogP contribution in [0.2, 0.25) is 8.87 Å². The molecule has 0 aliphatic heterocycles. The van der Waals surface area contributed by atoms with Gasteiger partial charge in [-0.25, -0.2) is 0 Å². The maximum atomic E-state index is 9.20. The van der Waals surface area contributed by atoms with Crippen LogP contribution in [0.3, 0.4) is 0 Å². The first-order chi connectivity index (χ1) is 6.70. The first kappa shape index (κ1) is 14.5. The van der Waals surface area contributed by atoms with Gasteiger partial charge in [-0.1, -0.05) is 0 Å². The summed E-state index contributed by atoms with van der Waals surface area (Å²) in [4.78, 5) is 0. The summed E-state index contributed by atoms with van der Waals surface area (Å²) in [6.45, 7) is 6.37. The molecule has 1 radical (unpaired) electrons. The van der Waals surface area contributed by atoms with Crippen molar-refractivity contribution >= 4 is 19.8 Å². The van der Waals surface area contributed by atoms with E-state index >= 15 is 0 Å². The molecule has 2 heteroatoms. The van der Waals surface area contributed by atoms with E-state index in [0.29, 0.717) is 0 Å².